The maximum atomic E-state index is 13.7. The van der Waals surface area contributed by atoms with Gasteiger partial charge >= 0.3 is 0 Å². The van der Waals surface area contributed by atoms with Gasteiger partial charge in [-0.2, -0.15) is 0 Å². The van der Waals surface area contributed by atoms with Crippen molar-refractivity contribution in [3.05, 3.63) is 48.3 Å². The average Bonchev–Trinajstić information content (AvgIpc) is 3.12. The van der Waals surface area contributed by atoms with E-state index in [1.165, 1.54) is 42.7 Å². The van der Waals surface area contributed by atoms with Crippen LogP contribution in [0.4, 0.5) is 14.6 Å². The first-order valence-electron chi connectivity index (χ1n) is 10.7. The van der Waals surface area contributed by atoms with E-state index >= 15 is 0 Å². The highest BCUT2D eigenvalue weighted by atomic mass is 32.2. The molecule has 0 spiro atoms. The minimum atomic E-state index is -3.42. The Balaban J connectivity index is 1.78. The van der Waals surface area contributed by atoms with Crippen LogP contribution in [0, 0.1) is 5.92 Å². The second-order valence-corrected chi connectivity index (χ2v) is 10.0. The predicted molar refractivity (Wildman–Crippen MR) is 123 cm³/mol. The Hall–Kier alpha value is -2.92. The number of nitrogens with one attached hydrogen (secondary N) is 1. The molecule has 2 aromatic rings. The van der Waals surface area contributed by atoms with E-state index in [9.17, 15) is 22.0 Å². The zero-order valence-corrected chi connectivity index (χ0v) is 19.7. The molecule has 0 radical (unpaired) electrons. The lowest BCUT2D eigenvalue weighted by atomic mass is 9.98. The van der Waals surface area contributed by atoms with Crippen molar-refractivity contribution >= 4 is 27.1 Å². The fourth-order valence-electron chi connectivity index (χ4n) is 3.55. The fourth-order valence-corrected chi connectivity index (χ4v) is 4.18. The molecule has 1 aliphatic rings. The van der Waals surface area contributed by atoms with Crippen molar-refractivity contribution in [2.45, 2.75) is 36.5 Å². The Kier molecular flexibility index (Phi) is 8.67. The molecule has 0 bridgehead atoms. The van der Waals surface area contributed by atoms with Gasteiger partial charge in [-0.15, -0.1) is 0 Å². The van der Waals surface area contributed by atoms with Gasteiger partial charge in [0.05, 0.1) is 23.9 Å². The third-order valence-electron chi connectivity index (χ3n) is 5.30. The summed E-state index contributed by atoms with van der Waals surface area (Å²) in [6, 6.07) is 5.73. The summed E-state index contributed by atoms with van der Waals surface area (Å²) < 4.78 is 61.3. The number of aromatic nitrogens is 2. The van der Waals surface area contributed by atoms with Crippen LogP contribution in [-0.4, -0.2) is 63.2 Å². The molecule has 1 heterocycles. The molecule has 34 heavy (non-hydrogen) atoms. The number of rotatable bonds is 10. The van der Waals surface area contributed by atoms with Crippen LogP contribution in [0.25, 0.3) is 5.57 Å². The van der Waals surface area contributed by atoms with Crippen molar-refractivity contribution in [2.75, 3.05) is 31.9 Å². The van der Waals surface area contributed by atoms with Crippen molar-refractivity contribution in [2.24, 2.45) is 5.92 Å². The molecular weight excluding hydrogens is 468 g/mol. The van der Waals surface area contributed by atoms with E-state index in [-0.39, 0.29) is 35.0 Å². The average molecular weight is 496 g/mol. The molecule has 184 valence electrons. The second kappa shape index (κ2) is 11.5. The van der Waals surface area contributed by atoms with Gasteiger partial charge in [0.25, 0.3) is 5.91 Å². The highest BCUT2D eigenvalue weighted by Gasteiger charge is 2.34. The number of ether oxygens (including phenoxy) is 2. The van der Waals surface area contributed by atoms with Gasteiger partial charge in [0.1, 0.15) is 12.3 Å². The first-order valence-corrected chi connectivity index (χ1v) is 12.6. The first-order chi connectivity index (χ1) is 16.2. The van der Waals surface area contributed by atoms with E-state index in [4.69, 9.17) is 9.47 Å². The molecule has 1 unspecified atom stereocenters. The molecule has 1 amide bonds. The van der Waals surface area contributed by atoms with E-state index in [2.05, 4.69) is 15.3 Å². The summed E-state index contributed by atoms with van der Waals surface area (Å²) in [7, 11) is -1.83. The molecule has 1 aromatic heterocycles. The number of benzene rings is 1. The zero-order chi connectivity index (χ0) is 24.7. The molecule has 0 saturated heterocycles. The van der Waals surface area contributed by atoms with Gasteiger partial charge in [-0.05, 0) is 36.5 Å². The van der Waals surface area contributed by atoms with Crippen molar-refractivity contribution in [1.29, 1.82) is 0 Å². The lowest BCUT2D eigenvalue weighted by Crippen LogP contribution is -2.16. The molecule has 1 fully saturated rings. The summed E-state index contributed by atoms with van der Waals surface area (Å²) in [6.07, 6.45) is 2.75. The highest BCUT2D eigenvalue weighted by molar-refractivity contribution is 7.90. The fraction of sp³-hybridized carbons (Fsp3) is 0.435. The smallest absolute Gasteiger partial charge is 0.257 e. The standard InChI is InChI=1S/C23H27F2N3O5S/c1-32-8-3-9-33-22-14-26-21(13-27-22)28-23(29)18(10-15-11-19(24)20(25)12-15)16-4-6-17(7-5-16)34(2,30)31/h4-7,10,13-15,19-20H,3,8-9,11-12H2,1-2H3,(H,26,28,29)/b18-10+/t15?,19-,20+. The minimum absolute atomic E-state index is 0.0335. The number of carbonyl (C=O) groups is 1. The topological polar surface area (TPSA) is 107 Å². The molecule has 1 saturated carbocycles. The number of carbonyl (C=O) groups excluding carboxylic acids is 1. The SMILES string of the molecule is COCCCOc1cnc(NC(=O)/C(=C/C2C[C@@H](F)[C@@H](F)C2)c2ccc(S(C)(=O)=O)cc2)cn1. The number of sulfone groups is 1. The van der Waals surface area contributed by atoms with Gasteiger partial charge in [0, 0.05) is 32.0 Å². The van der Waals surface area contributed by atoms with Gasteiger partial charge < -0.3 is 14.8 Å². The Morgan fingerprint density at radius 2 is 1.79 bits per heavy atom. The van der Waals surface area contributed by atoms with Crippen LogP contribution < -0.4 is 10.1 Å². The molecule has 0 aliphatic heterocycles. The zero-order valence-electron chi connectivity index (χ0n) is 18.9. The molecule has 3 rings (SSSR count). The maximum Gasteiger partial charge on any atom is 0.257 e. The van der Waals surface area contributed by atoms with Crippen LogP contribution in [0.15, 0.2) is 47.6 Å². The minimum Gasteiger partial charge on any atom is -0.476 e. The third kappa shape index (κ3) is 7.04. The summed E-state index contributed by atoms with van der Waals surface area (Å²) in [5.74, 6) is -0.594. The number of anilines is 1. The molecule has 8 nitrogen and oxygen atoms in total. The summed E-state index contributed by atoms with van der Waals surface area (Å²) in [5.41, 5.74) is 0.571. The molecule has 1 N–H and O–H groups in total. The van der Waals surface area contributed by atoms with Crippen molar-refractivity contribution in [3.8, 4) is 5.88 Å². The van der Waals surface area contributed by atoms with Gasteiger partial charge in [-0.1, -0.05) is 18.2 Å². The predicted octanol–water partition coefficient (Wildman–Crippen LogP) is 3.40. The summed E-state index contributed by atoms with van der Waals surface area (Å²) in [5, 5.41) is 2.62. The highest BCUT2D eigenvalue weighted by Crippen LogP contribution is 2.34. The number of amides is 1. The Morgan fingerprint density at radius 1 is 1.12 bits per heavy atom. The number of hydrogen-bond acceptors (Lipinski definition) is 7. The molecular formula is C23H27F2N3O5S. The number of alkyl halides is 2. The Labute approximate surface area is 197 Å². The van der Waals surface area contributed by atoms with Gasteiger partial charge in [0.15, 0.2) is 15.7 Å². The van der Waals surface area contributed by atoms with Gasteiger partial charge in [0.2, 0.25) is 5.88 Å². The second-order valence-electron chi connectivity index (χ2n) is 8.03. The van der Waals surface area contributed by atoms with Crippen LogP contribution in [0.2, 0.25) is 0 Å². The summed E-state index contributed by atoms with van der Waals surface area (Å²) >= 11 is 0. The maximum absolute atomic E-state index is 13.7. The number of hydrogen-bond donors (Lipinski definition) is 1. The quantitative estimate of drug-likeness (QED) is 0.398. The largest absolute Gasteiger partial charge is 0.476 e. The van der Waals surface area contributed by atoms with Crippen LogP contribution in [0.1, 0.15) is 24.8 Å². The Bertz CT molecular complexity index is 1100. The van der Waals surface area contributed by atoms with Crippen LogP contribution in [0.3, 0.4) is 0 Å². The van der Waals surface area contributed by atoms with Crippen LogP contribution in [-0.2, 0) is 19.4 Å². The summed E-state index contributed by atoms with van der Waals surface area (Å²) in [4.78, 5) is 21.4. The van der Waals surface area contributed by atoms with Crippen molar-refractivity contribution < 1.29 is 31.5 Å². The van der Waals surface area contributed by atoms with Gasteiger partial charge in [-0.25, -0.2) is 27.2 Å². The number of allylic oxidation sites excluding steroid dienone is 1. The van der Waals surface area contributed by atoms with E-state index in [0.717, 1.165) is 6.26 Å². The van der Waals surface area contributed by atoms with Crippen molar-refractivity contribution in [3.63, 3.8) is 0 Å². The van der Waals surface area contributed by atoms with E-state index in [1.807, 2.05) is 0 Å². The molecule has 1 aliphatic carbocycles. The van der Waals surface area contributed by atoms with Crippen LogP contribution >= 0.6 is 0 Å². The number of nitrogens with zero attached hydrogens (tertiary/aromatic N) is 2. The van der Waals surface area contributed by atoms with Crippen LogP contribution in [0.5, 0.6) is 5.88 Å². The lowest BCUT2D eigenvalue weighted by molar-refractivity contribution is -0.111. The van der Waals surface area contributed by atoms with E-state index in [0.29, 0.717) is 25.2 Å². The normalized spacial score (nSPS) is 20.8. The third-order valence-corrected chi connectivity index (χ3v) is 6.43. The molecule has 3 atom stereocenters. The summed E-state index contributed by atoms with van der Waals surface area (Å²) in [6.45, 7) is 0.951. The molecule has 11 heteroatoms. The monoisotopic (exact) mass is 495 g/mol. The van der Waals surface area contributed by atoms with Gasteiger partial charge in [-0.3, -0.25) is 4.79 Å². The molecule has 1 aromatic carbocycles. The Morgan fingerprint density at radius 3 is 2.35 bits per heavy atom. The van der Waals surface area contributed by atoms with Crippen molar-refractivity contribution in [1.82, 2.24) is 9.97 Å². The van der Waals surface area contributed by atoms with E-state index in [1.54, 1.807) is 7.11 Å². The lowest BCUT2D eigenvalue weighted by Gasteiger charge is -2.12. The first kappa shape index (κ1) is 25.7. The number of methoxy groups -OCH3 is 1. The van der Waals surface area contributed by atoms with E-state index < -0.39 is 34.0 Å². The number of halogens is 2.